The van der Waals surface area contributed by atoms with Crippen LogP contribution < -0.4 is 21.5 Å². The summed E-state index contributed by atoms with van der Waals surface area (Å²) in [5.74, 6) is 0. The van der Waals surface area contributed by atoms with E-state index in [0.717, 1.165) is 0 Å². The van der Waals surface area contributed by atoms with Gasteiger partial charge in [0.05, 0.1) is 0 Å². The lowest BCUT2D eigenvalue weighted by molar-refractivity contribution is -0.703. The first-order chi connectivity index (χ1) is 10.7. The number of rotatable bonds is 13. The van der Waals surface area contributed by atoms with Gasteiger partial charge in [0.2, 0.25) is 0 Å². The Morgan fingerprint density at radius 2 is 1.22 bits per heavy atom. The molecule has 2 heteroatoms. The molecule has 1 rings (SSSR count). The zero-order valence-electron chi connectivity index (χ0n) is 15.7. The lowest BCUT2D eigenvalue weighted by Crippen LogP contribution is -3.00. The minimum absolute atomic E-state index is 0. The molecule has 23 heavy (non-hydrogen) atoms. The first kappa shape index (κ1) is 22.6. The molecule has 0 N–H and O–H groups in total. The van der Waals surface area contributed by atoms with Crippen molar-refractivity contribution in [1.82, 2.24) is 0 Å². The van der Waals surface area contributed by atoms with E-state index in [1.54, 1.807) is 0 Å². The van der Waals surface area contributed by atoms with Crippen molar-refractivity contribution in [3.8, 4) is 0 Å². The summed E-state index contributed by atoms with van der Waals surface area (Å²) in [5, 5.41) is 0. The molecule has 1 heterocycles. The summed E-state index contributed by atoms with van der Waals surface area (Å²) in [4.78, 5) is 0. The van der Waals surface area contributed by atoms with E-state index >= 15 is 0 Å². The number of hydrogen-bond acceptors (Lipinski definition) is 0. The van der Waals surface area contributed by atoms with Gasteiger partial charge in [-0.05, 0) is 18.9 Å². The molecule has 0 fully saturated rings. The molecule has 0 saturated carbocycles. The molecular weight excluding hydrogens is 346 g/mol. The van der Waals surface area contributed by atoms with Crippen molar-refractivity contribution >= 4 is 0 Å². The molecule has 0 aliphatic carbocycles. The quantitative estimate of drug-likeness (QED) is 0.363. The van der Waals surface area contributed by atoms with Crippen molar-refractivity contribution in [2.24, 2.45) is 0 Å². The molecule has 1 nitrogen and oxygen atoms in total. The van der Waals surface area contributed by atoms with E-state index in [4.69, 9.17) is 0 Å². The maximum Gasteiger partial charge on any atom is 0.178 e. The number of nitrogens with zero attached hydrogens (tertiary/aromatic N) is 1. The maximum atomic E-state index is 2.39. The first-order valence-corrected chi connectivity index (χ1v) is 9.70. The number of halogens is 1. The smallest absolute Gasteiger partial charge is 0.178 e. The van der Waals surface area contributed by atoms with E-state index < -0.39 is 0 Å². The summed E-state index contributed by atoms with van der Waals surface area (Å²) < 4.78 is 2.39. The van der Waals surface area contributed by atoms with Gasteiger partial charge in [-0.3, -0.25) is 0 Å². The van der Waals surface area contributed by atoms with Crippen LogP contribution in [0.15, 0.2) is 18.3 Å². The first-order valence-electron chi connectivity index (χ1n) is 9.70. The second-order valence-electron chi connectivity index (χ2n) is 6.93. The Morgan fingerprint density at radius 1 is 0.739 bits per heavy atom. The van der Waals surface area contributed by atoms with Crippen molar-refractivity contribution in [2.75, 3.05) is 0 Å². The lowest BCUT2D eigenvalue weighted by atomic mass is 10.1. The highest BCUT2D eigenvalue weighted by Crippen LogP contribution is 2.11. The molecule has 0 spiro atoms. The Morgan fingerprint density at radius 3 is 1.70 bits per heavy atom. The van der Waals surface area contributed by atoms with Crippen LogP contribution in [0.5, 0.6) is 0 Å². The standard InChI is InChI=1S/C21H38N.BrH/c1-4-5-6-7-8-9-10-11-12-13-14-15-17-22-18-16-20(2)19-21(22)3;/h16,18-19H,4-15,17H2,1-3H3;1H/q+1;/p-1. The SMILES string of the molecule is CCCCCCCCCCCCCC[n+]1ccc(C)cc1C.[Br-]. The van der Waals surface area contributed by atoms with Gasteiger partial charge < -0.3 is 17.0 Å². The highest BCUT2D eigenvalue weighted by atomic mass is 79.9. The van der Waals surface area contributed by atoms with Crippen molar-refractivity contribution in [3.05, 3.63) is 29.6 Å². The molecule has 0 unspecified atom stereocenters. The molecule has 0 atom stereocenters. The van der Waals surface area contributed by atoms with Crippen LogP contribution in [-0.4, -0.2) is 0 Å². The van der Waals surface area contributed by atoms with Crippen molar-refractivity contribution < 1.29 is 21.5 Å². The Kier molecular flexibility index (Phi) is 14.9. The van der Waals surface area contributed by atoms with Crippen LogP contribution in [0.1, 0.15) is 95.2 Å². The van der Waals surface area contributed by atoms with E-state index in [-0.39, 0.29) is 17.0 Å². The third-order valence-electron chi connectivity index (χ3n) is 4.66. The van der Waals surface area contributed by atoms with E-state index in [1.165, 1.54) is 94.9 Å². The fourth-order valence-electron chi connectivity index (χ4n) is 3.16. The number of pyridine rings is 1. The largest absolute Gasteiger partial charge is 1.00 e. The van der Waals surface area contributed by atoms with Gasteiger partial charge in [0.25, 0.3) is 0 Å². The average Bonchev–Trinajstić information content (AvgIpc) is 2.50. The average molecular weight is 384 g/mol. The van der Waals surface area contributed by atoms with Gasteiger partial charge >= 0.3 is 0 Å². The summed E-state index contributed by atoms with van der Waals surface area (Å²) in [6, 6.07) is 4.49. The van der Waals surface area contributed by atoms with E-state index in [9.17, 15) is 0 Å². The lowest BCUT2D eigenvalue weighted by Gasteiger charge is -2.03. The number of hydrogen-bond donors (Lipinski definition) is 0. The van der Waals surface area contributed by atoms with E-state index in [0.29, 0.717) is 0 Å². The molecule has 0 amide bonds. The molecular formula is C21H38BrN. The van der Waals surface area contributed by atoms with Crippen molar-refractivity contribution in [1.29, 1.82) is 0 Å². The fourth-order valence-corrected chi connectivity index (χ4v) is 3.16. The minimum atomic E-state index is 0. The fraction of sp³-hybridized carbons (Fsp3) is 0.762. The van der Waals surface area contributed by atoms with Crippen LogP contribution in [0.4, 0.5) is 0 Å². The molecule has 0 aliphatic heterocycles. The summed E-state index contributed by atoms with van der Waals surface area (Å²) >= 11 is 0. The van der Waals surface area contributed by atoms with Crippen LogP contribution in [0.3, 0.4) is 0 Å². The predicted octanol–water partition coefficient (Wildman–Crippen LogP) is 3.30. The van der Waals surface area contributed by atoms with Gasteiger partial charge in [-0.2, -0.15) is 0 Å². The zero-order valence-corrected chi connectivity index (χ0v) is 17.3. The minimum Gasteiger partial charge on any atom is -1.00 e. The molecule has 0 saturated heterocycles. The zero-order chi connectivity index (χ0) is 16.0. The van der Waals surface area contributed by atoms with Crippen molar-refractivity contribution in [2.45, 2.75) is 104 Å². The normalized spacial score (nSPS) is 10.6. The second-order valence-corrected chi connectivity index (χ2v) is 6.93. The van der Waals surface area contributed by atoms with E-state index in [1.807, 2.05) is 0 Å². The summed E-state index contributed by atoms with van der Waals surface area (Å²) in [6.07, 6.45) is 19.3. The van der Waals surface area contributed by atoms with Crippen LogP contribution in [0, 0.1) is 13.8 Å². The Balaban J connectivity index is 0.00000484. The second kappa shape index (κ2) is 15.2. The predicted molar refractivity (Wildman–Crippen MR) is 97.2 cm³/mol. The van der Waals surface area contributed by atoms with Gasteiger partial charge in [-0.25, -0.2) is 4.57 Å². The third kappa shape index (κ3) is 11.8. The number of aromatic nitrogens is 1. The molecule has 0 aliphatic rings. The van der Waals surface area contributed by atoms with Gasteiger partial charge in [0, 0.05) is 25.5 Å². The van der Waals surface area contributed by atoms with E-state index in [2.05, 4.69) is 43.7 Å². The van der Waals surface area contributed by atoms with Gasteiger partial charge in [0.15, 0.2) is 11.9 Å². The van der Waals surface area contributed by atoms with Gasteiger partial charge in [0.1, 0.15) is 6.54 Å². The highest BCUT2D eigenvalue weighted by molar-refractivity contribution is 5.08. The Hall–Kier alpha value is -0.370. The third-order valence-corrected chi connectivity index (χ3v) is 4.66. The highest BCUT2D eigenvalue weighted by Gasteiger charge is 2.04. The van der Waals surface area contributed by atoms with Crippen LogP contribution in [-0.2, 0) is 6.54 Å². The molecule has 0 aromatic carbocycles. The molecule has 0 bridgehead atoms. The van der Waals surface area contributed by atoms with Crippen LogP contribution in [0.2, 0.25) is 0 Å². The molecule has 1 aromatic rings. The molecule has 0 radical (unpaired) electrons. The van der Waals surface area contributed by atoms with Gasteiger partial charge in [-0.1, -0.05) is 71.1 Å². The van der Waals surface area contributed by atoms with Gasteiger partial charge in [-0.15, -0.1) is 0 Å². The van der Waals surface area contributed by atoms with Crippen molar-refractivity contribution in [3.63, 3.8) is 0 Å². The van der Waals surface area contributed by atoms with Crippen LogP contribution >= 0.6 is 0 Å². The maximum absolute atomic E-state index is 2.39. The number of unbranched alkanes of at least 4 members (excludes halogenated alkanes) is 11. The number of aryl methyl sites for hydroxylation is 3. The topological polar surface area (TPSA) is 3.88 Å². The molecule has 1 aromatic heterocycles. The monoisotopic (exact) mass is 383 g/mol. The summed E-state index contributed by atoms with van der Waals surface area (Å²) in [7, 11) is 0. The Labute approximate surface area is 155 Å². The summed E-state index contributed by atoms with van der Waals surface area (Å²) in [6.45, 7) is 7.86. The van der Waals surface area contributed by atoms with Crippen LogP contribution in [0.25, 0.3) is 0 Å². The molecule has 134 valence electrons. The summed E-state index contributed by atoms with van der Waals surface area (Å²) in [5.41, 5.74) is 2.76. The Bertz CT molecular complexity index is 389.